The molecule has 0 bridgehead atoms. The molecule has 0 aromatic heterocycles. The summed E-state index contributed by atoms with van der Waals surface area (Å²) in [6, 6.07) is 0.619. The van der Waals surface area contributed by atoms with Crippen molar-refractivity contribution >= 4 is 10.0 Å². The van der Waals surface area contributed by atoms with Crippen LogP contribution in [0, 0.1) is 5.41 Å². The molecule has 5 heteroatoms. The first-order valence-electron chi connectivity index (χ1n) is 5.11. The van der Waals surface area contributed by atoms with Gasteiger partial charge in [0.15, 0.2) is 0 Å². The van der Waals surface area contributed by atoms with Crippen LogP contribution in [0.5, 0.6) is 0 Å². The van der Waals surface area contributed by atoms with Gasteiger partial charge in [-0.05, 0) is 45.2 Å². The predicted molar refractivity (Wildman–Crippen MR) is 55.5 cm³/mol. The second kappa shape index (κ2) is 3.18. The van der Waals surface area contributed by atoms with Gasteiger partial charge >= 0.3 is 0 Å². The van der Waals surface area contributed by atoms with Crippen LogP contribution in [0.3, 0.4) is 0 Å². The molecule has 0 unspecified atom stereocenters. The van der Waals surface area contributed by atoms with Crippen molar-refractivity contribution in [2.75, 3.05) is 14.1 Å². The van der Waals surface area contributed by atoms with E-state index in [9.17, 15) is 8.42 Å². The lowest BCUT2D eigenvalue weighted by Crippen LogP contribution is -2.58. The van der Waals surface area contributed by atoms with Crippen LogP contribution >= 0.6 is 0 Å². The van der Waals surface area contributed by atoms with E-state index in [1.807, 2.05) is 7.05 Å². The zero-order valence-corrected chi connectivity index (χ0v) is 9.52. The summed E-state index contributed by atoms with van der Waals surface area (Å²) < 4.78 is 25.3. The minimum Gasteiger partial charge on any atom is -0.317 e. The molecule has 2 aliphatic rings. The Kier molecular flexibility index (Phi) is 2.36. The molecule has 0 heterocycles. The van der Waals surface area contributed by atoms with Gasteiger partial charge in [-0.1, -0.05) is 0 Å². The normalized spacial score (nSPS) is 41.9. The fourth-order valence-corrected chi connectivity index (χ4v) is 4.29. The summed E-state index contributed by atoms with van der Waals surface area (Å²) in [5.41, 5.74) is 0.363. The lowest BCUT2D eigenvalue weighted by Gasteiger charge is -2.57. The SMILES string of the molecule is CNC1CC2(C1)CC(S(=O)(=O)NC)C2. The van der Waals surface area contributed by atoms with Crippen molar-refractivity contribution in [2.45, 2.75) is 37.0 Å². The molecule has 2 fully saturated rings. The molecule has 0 aromatic rings. The van der Waals surface area contributed by atoms with E-state index < -0.39 is 10.0 Å². The molecule has 0 atom stereocenters. The second-order valence-corrected chi connectivity index (χ2v) is 6.84. The van der Waals surface area contributed by atoms with E-state index in [-0.39, 0.29) is 5.25 Å². The van der Waals surface area contributed by atoms with Gasteiger partial charge in [0.05, 0.1) is 5.25 Å². The Morgan fingerprint density at radius 3 is 2.14 bits per heavy atom. The summed E-state index contributed by atoms with van der Waals surface area (Å²) >= 11 is 0. The molecule has 82 valence electrons. The molecule has 2 N–H and O–H groups in total. The summed E-state index contributed by atoms with van der Waals surface area (Å²) in [5.74, 6) is 0. The minimum absolute atomic E-state index is 0.134. The average Bonchev–Trinajstić information content (AvgIpc) is 1.99. The lowest BCUT2D eigenvalue weighted by atomic mass is 9.54. The van der Waals surface area contributed by atoms with Crippen molar-refractivity contribution in [3.05, 3.63) is 0 Å². The van der Waals surface area contributed by atoms with Gasteiger partial charge < -0.3 is 5.32 Å². The van der Waals surface area contributed by atoms with Crippen molar-refractivity contribution in [2.24, 2.45) is 5.41 Å². The van der Waals surface area contributed by atoms with Gasteiger partial charge in [0.25, 0.3) is 0 Å². The highest BCUT2D eigenvalue weighted by Gasteiger charge is 2.55. The van der Waals surface area contributed by atoms with Crippen LogP contribution in [0.15, 0.2) is 0 Å². The molecule has 0 aliphatic heterocycles. The molecule has 0 radical (unpaired) electrons. The van der Waals surface area contributed by atoms with Crippen LogP contribution in [-0.2, 0) is 10.0 Å². The lowest BCUT2D eigenvalue weighted by molar-refractivity contribution is 0.00394. The number of hydrogen-bond donors (Lipinski definition) is 2. The largest absolute Gasteiger partial charge is 0.317 e. The number of rotatable bonds is 3. The van der Waals surface area contributed by atoms with Crippen LogP contribution in [0.2, 0.25) is 0 Å². The zero-order valence-electron chi connectivity index (χ0n) is 8.71. The van der Waals surface area contributed by atoms with Gasteiger partial charge in [0.1, 0.15) is 0 Å². The van der Waals surface area contributed by atoms with E-state index in [0.717, 1.165) is 25.7 Å². The topological polar surface area (TPSA) is 58.2 Å². The number of hydrogen-bond acceptors (Lipinski definition) is 3. The molecule has 0 saturated heterocycles. The molecule has 1 spiro atoms. The van der Waals surface area contributed by atoms with Crippen molar-refractivity contribution in [1.82, 2.24) is 10.0 Å². The van der Waals surface area contributed by atoms with Gasteiger partial charge in [-0.2, -0.15) is 0 Å². The summed E-state index contributed by atoms with van der Waals surface area (Å²) in [6.07, 6.45) is 4.02. The number of sulfonamides is 1. The fourth-order valence-electron chi connectivity index (χ4n) is 2.82. The Bertz CT molecular complexity index is 312. The standard InChI is InChI=1S/C9H18N2O2S/c1-10-7-3-9(4-7)5-8(6-9)14(12,13)11-2/h7-8,10-11H,3-6H2,1-2H3. The number of nitrogens with one attached hydrogen (secondary N) is 2. The third-order valence-electron chi connectivity index (χ3n) is 3.81. The molecule has 2 aliphatic carbocycles. The first-order valence-corrected chi connectivity index (χ1v) is 6.66. The summed E-state index contributed by atoms with van der Waals surface area (Å²) in [4.78, 5) is 0. The molecule has 0 amide bonds. The molecule has 2 rings (SSSR count). The van der Waals surface area contributed by atoms with Crippen LogP contribution < -0.4 is 10.0 Å². The first kappa shape index (κ1) is 10.4. The predicted octanol–water partition coefficient (Wildman–Crippen LogP) is 0.0662. The smallest absolute Gasteiger partial charge is 0.214 e. The van der Waals surface area contributed by atoms with E-state index in [1.54, 1.807) is 0 Å². The van der Waals surface area contributed by atoms with Gasteiger partial charge in [0.2, 0.25) is 10.0 Å². The van der Waals surface area contributed by atoms with Crippen molar-refractivity contribution in [1.29, 1.82) is 0 Å². The van der Waals surface area contributed by atoms with Crippen LogP contribution in [0.25, 0.3) is 0 Å². The van der Waals surface area contributed by atoms with Crippen LogP contribution in [0.4, 0.5) is 0 Å². The molecular weight excluding hydrogens is 200 g/mol. The molecule has 2 saturated carbocycles. The van der Waals surface area contributed by atoms with Crippen molar-refractivity contribution < 1.29 is 8.42 Å². The van der Waals surface area contributed by atoms with Crippen molar-refractivity contribution in [3.63, 3.8) is 0 Å². The van der Waals surface area contributed by atoms with Gasteiger partial charge in [-0.25, -0.2) is 13.1 Å². The molecule has 0 aromatic carbocycles. The highest BCUT2D eigenvalue weighted by molar-refractivity contribution is 7.90. The third-order valence-corrected chi connectivity index (χ3v) is 5.59. The summed E-state index contributed by atoms with van der Waals surface area (Å²) in [5, 5.41) is 3.09. The van der Waals surface area contributed by atoms with E-state index >= 15 is 0 Å². The van der Waals surface area contributed by atoms with E-state index in [2.05, 4.69) is 10.0 Å². The Hall–Kier alpha value is -0.130. The van der Waals surface area contributed by atoms with Crippen LogP contribution in [0.1, 0.15) is 25.7 Å². The zero-order chi connectivity index (χ0) is 10.4. The highest BCUT2D eigenvalue weighted by atomic mass is 32.2. The van der Waals surface area contributed by atoms with E-state index in [0.29, 0.717) is 11.5 Å². The monoisotopic (exact) mass is 218 g/mol. The first-order chi connectivity index (χ1) is 6.51. The van der Waals surface area contributed by atoms with Crippen LogP contribution in [-0.4, -0.2) is 33.8 Å². The van der Waals surface area contributed by atoms with Crippen molar-refractivity contribution in [3.8, 4) is 0 Å². The Morgan fingerprint density at radius 2 is 1.71 bits per heavy atom. The van der Waals surface area contributed by atoms with Gasteiger partial charge in [-0.15, -0.1) is 0 Å². The fraction of sp³-hybridized carbons (Fsp3) is 1.00. The third kappa shape index (κ3) is 1.47. The maximum absolute atomic E-state index is 11.4. The molecular formula is C9H18N2O2S. The quantitative estimate of drug-likeness (QED) is 0.704. The Labute approximate surface area is 85.5 Å². The molecule has 4 nitrogen and oxygen atoms in total. The summed E-state index contributed by atoms with van der Waals surface area (Å²) in [6.45, 7) is 0. The van der Waals surface area contributed by atoms with Gasteiger partial charge in [0, 0.05) is 6.04 Å². The minimum atomic E-state index is -3.00. The van der Waals surface area contributed by atoms with E-state index in [1.165, 1.54) is 7.05 Å². The summed E-state index contributed by atoms with van der Waals surface area (Å²) in [7, 11) is 0.464. The highest BCUT2D eigenvalue weighted by Crippen LogP contribution is 2.57. The Balaban J connectivity index is 1.87. The molecule has 14 heavy (non-hydrogen) atoms. The maximum Gasteiger partial charge on any atom is 0.214 e. The average molecular weight is 218 g/mol. The maximum atomic E-state index is 11.4. The van der Waals surface area contributed by atoms with Gasteiger partial charge in [-0.3, -0.25) is 0 Å². The second-order valence-electron chi connectivity index (χ2n) is 4.67. The Morgan fingerprint density at radius 1 is 1.14 bits per heavy atom. The van der Waals surface area contributed by atoms with E-state index in [4.69, 9.17) is 0 Å².